The molecule has 0 N–H and O–H groups in total. The Kier molecular flexibility index (Phi) is 6.57. The normalized spacial score (nSPS) is 17.7. The number of hydrogen-bond donors (Lipinski definition) is 0. The molecule has 0 atom stereocenters. The molecule has 0 bridgehead atoms. The van der Waals surface area contributed by atoms with Crippen molar-refractivity contribution in [3.8, 4) is 33.5 Å². The lowest BCUT2D eigenvalue weighted by atomic mass is 9.71. The van der Waals surface area contributed by atoms with Gasteiger partial charge in [-0.15, -0.1) is 0 Å². The minimum atomic E-state index is -2.50. The van der Waals surface area contributed by atoms with Crippen LogP contribution in [0.4, 0.5) is 5.69 Å². The quantitative estimate of drug-likeness (QED) is 0.103. The van der Waals surface area contributed by atoms with Crippen LogP contribution in [0.15, 0.2) is 89.5 Å². The van der Waals surface area contributed by atoms with Gasteiger partial charge in [-0.1, -0.05) is 106 Å². The van der Waals surface area contributed by atoms with E-state index in [0.717, 1.165) is 62.3 Å². The Balaban J connectivity index is 1.51. The Labute approximate surface area is 294 Å². The van der Waals surface area contributed by atoms with Gasteiger partial charge in [0.05, 0.1) is 21.6 Å². The molecule has 2 heterocycles. The van der Waals surface area contributed by atoms with E-state index >= 15 is 0 Å². The van der Waals surface area contributed by atoms with Gasteiger partial charge in [0.25, 0.3) is 0 Å². The highest BCUT2D eigenvalue weighted by Crippen LogP contribution is 2.45. The number of hydrogen-bond acceptors (Lipinski definition) is 1. The zero-order valence-electron chi connectivity index (χ0n) is 34.1. The van der Waals surface area contributed by atoms with E-state index in [1.165, 1.54) is 0 Å². The fourth-order valence-corrected chi connectivity index (χ4v) is 9.02. The first-order chi connectivity index (χ1) is 24.8. The highest BCUT2D eigenvalue weighted by molar-refractivity contribution is 6.89. The van der Waals surface area contributed by atoms with E-state index in [1.54, 1.807) is 12.1 Å². The molecule has 7 rings (SSSR count). The van der Waals surface area contributed by atoms with Crippen LogP contribution in [-0.4, -0.2) is 8.07 Å². The van der Waals surface area contributed by atoms with Crippen molar-refractivity contribution in [2.75, 3.05) is 0 Å². The van der Waals surface area contributed by atoms with Crippen LogP contribution < -0.4 is 9.75 Å². The van der Waals surface area contributed by atoms with Crippen LogP contribution in [0.2, 0.25) is 19.6 Å². The zero-order chi connectivity index (χ0) is 38.2. The molecule has 0 unspecified atom stereocenters. The molecule has 1 saturated carbocycles. The van der Waals surface area contributed by atoms with Gasteiger partial charge in [0.2, 0.25) is 5.69 Å². The number of pyridine rings is 1. The summed E-state index contributed by atoms with van der Waals surface area (Å²) in [6.45, 7) is 18.7. The Hall–Kier alpha value is -4.46. The van der Waals surface area contributed by atoms with Gasteiger partial charge in [0.1, 0.15) is 18.2 Å². The minimum absolute atomic E-state index is 0.133. The smallest absolute Gasteiger partial charge is 0.216 e. The molecule has 48 heavy (non-hydrogen) atoms. The Morgan fingerprint density at radius 2 is 1.60 bits per heavy atom. The summed E-state index contributed by atoms with van der Waals surface area (Å²) in [5, 5.41) is 2.89. The van der Waals surface area contributed by atoms with Crippen LogP contribution in [0.1, 0.15) is 69.0 Å². The average Bonchev–Trinajstić information content (AvgIpc) is 3.47. The maximum atomic E-state index is 9.51. The first kappa shape index (κ1) is 26.5. The molecule has 1 aliphatic rings. The predicted molar refractivity (Wildman–Crippen MR) is 205 cm³/mol. The number of fused-ring (bicyclic) bond motifs is 3. The third kappa shape index (κ3) is 5.59. The predicted octanol–water partition coefficient (Wildman–Crippen LogP) is 11.8. The lowest BCUT2D eigenvalue weighted by Crippen LogP contribution is -2.46. The molecule has 2 aromatic heterocycles. The van der Waals surface area contributed by atoms with Crippen LogP contribution in [0.3, 0.4) is 0 Å². The highest BCUT2D eigenvalue weighted by Gasteiger charge is 2.31. The summed E-state index contributed by atoms with van der Waals surface area (Å²) >= 11 is 0. The number of aryl methyl sites for hydroxylation is 3. The summed E-state index contributed by atoms with van der Waals surface area (Å²) in [5.41, 5.74) is 8.28. The second-order valence-electron chi connectivity index (χ2n) is 15.3. The minimum Gasteiger partial charge on any atom is -0.456 e. The topological polar surface area (TPSA) is 21.4 Å². The molecule has 0 spiro atoms. The van der Waals surface area contributed by atoms with Gasteiger partial charge in [-0.25, -0.2) is 9.41 Å². The molecule has 3 nitrogen and oxygen atoms in total. The van der Waals surface area contributed by atoms with Gasteiger partial charge < -0.3 is 4.42 Å². The molecule has 4 heteroatoms. The fraction of sp³-hybridized carbons (Fsp3) is 0.318. The molecule has 242 valence electrons. The Morgan fingerprint density at radius 3 is 2.27 bits per heavy atom. The third-order valence-electron chi connectivity index (χ3n) is 10.3. The molecular weight excluding hydrogens is 601 g/mol. The van der Waals surface area contributed by atoms with Gasteiger partial charge in [0.15, 0.2) is 11.9 Å². The maximum Gasteiger partial charge on any atom is 0.216 e. The summed E-state index contributed by atoms with van der Waals surface area (Å²) in [6, 6.07) is 23.5. The van der Waals surface area contributed by atoms with Crippen molar-refractivity contribution in [3.05, 3.63) is 113 Å². The Morgan fingerprint density at radius 1 is 0.917 bits per heavy atom. The molecule has 0 radical (unpaired) electrons. The van der Waals surface area contributed by atoms with Crippen molar-refractivity contribution in [2.45, 2.75) is 78.8 Å². The number of furan rings is 1. The van der Waals surface area contributed by atoms with Crippen molar-refractivity contribution in [3.63, 3.8) is 0 Å². The molecule has 0 aliphatic heterocycles. The SMILES string of the molecule is [2H]c1cc(C2([2H])CCC(C)(C)CC2)cc(C([2H])([2H])[2H])c1-c1cc(-c2c(C)ccc3c2oc2c(-c4ccccc4)c([N+]#[C-])ccc23)[n+](C)cc1[Si](C)(C)C. The average molecular weight is 653 g/mol. The second-order valence-corrected chi connectivity index (χ2v) is 20.4. The van der Waals surface area contributed by atoms with Crippen LogP contribution in [-0.2, 0) is 7.05 Å². The van der Waals surface area contributed by atoms with Crippen LogP contribution in [0.25, 0.3) is 60.3 Å². The van der Waals surface area contributed by atoms with Crippen LogP contribution in [0.5, 0.6) is 0 Å². The van der Waals surface area contributed by atoms with E-state index in [-0.39, 0.29) is 17.0 Å². The van der Waals surface area contributed by atoms with Crippen molar-refractivity contribution >= 4 is 40.9 Å². The van der Waals surface area contributed by atoms with E-state index < -0.39 is 20.8 Å². The number of aromatic nitrogens is 1. The highest BCUT2D eigenvalue weighted by atomic mass is 28.3. The van der Waals surface area contributed by atoms with Crippen LogP contribution in [0, 0.1) is 25.8 Å². The summed E-state index contributed by atoms with van der Waals surface area (Å²) < 4.78 is 54.3. The summed E-state index contributed by atoms with van der Waals surface area (Å²) in [7, 11) is -0.109. The summed E-state index contributed by atoms with van der Waals surface area (Å²) in [6.07, 6.45) is 5.15. The first-order valence-corrected chi connectivity index (χ1v) is 20.5. The third-order valence-corrected chi connectivity index (χ3v) is 12.4. The second kappa shape index (κ2) is 11.9. The zero-order valence-corrected chi connectivity index (χ0v) is 30.1. The molecule has 0 saturated heterocycles. The van der Waals surface area contributed by atoms with E-state index in [4.69, 9.17) is 15.1 Å². The summed E-state index contributed by atoms with van der Waals surface area (Å²) in [4.78, 5) is 3.85. The van der Waals surface area contributed by atoms with Gasteiger partial charge in [0, 0.05) is 33.1 Å². The molecule has 1 fully saturated rings. The van der Waals surface area contributed by atoms with E-state index in [9.17, 15) is 2.74 Å². The standard InChI is InChI=1S/C44H47N2OSi/c1-28-15-17-34-35-19-20-37(45-5)41(31-13-11-10-12-14-31)43(35)47-42(34)40(28)38-26-36(39(27-46(38)6)48(7,8)9)33-18-16-32(25-29(33)2)30-21-23-44(3,4)24-22-30/h10-20,25-27,30H,21-24H2,1-4,6-9H3/q+1/i2D3,18D,30D. The fourth-order valence-electron chi connectivity index (χ4n) is 7.43. The van der Waals surface area contributed by atoms with Gasteiger partial charge >= 0.3 is 0 Å². The number of rotatable bonds is 5. The Bertz CT molecular complexity index is 2460. The van der Waals surface area contributed by atoms with Gasteiger partial charge in [-0.05, 0) is 84.1 Å². The van der Waals surface area contributed by atoms with Gasteiger partial charge in [-0.3, -0.25) is 0 Å². The lowest BCUT2D eigenvalue weighted by molar-refractivity contribution is -0.659. The molecule has 4 aromatic carbocycles. The monoisotopic (exact) mass is 652 g/mol. The lowest BCUT2D eigenvalue weighted by Gasteiger charge is -2.34. The number of nitrogens with zero attached hydrogens (tertiary/aromatic N) is 2. The summed E-state index contributed by atoms with van der Waals surface area (Å²) in [5.74, 6) is -0.931. The molecule has 0 amide bonds. The van der Waals surface area contributed by atoms with E-state index in [1.807, 2.05) is 49.5 Å². The van der Waals surface area contributed by atoms with E-state index in [2.05, 4.69) is 74.2 Å². The van der Waals surface area contributed by atoms with Crippen molar-refractivity contribution in [2.24, 2.45) is 12.5 Å². The van der Waals surface area contributed by atoms with Crippen molar-refractivity contribution in [1.82, 2.24) is 0 Å². The first-order valence-electron chi connectivity index (χ1n) is 19.5. The molecule has 6 aromatic rings. The largest absolute Gasteiger partial charge is 0.456 e. The van der Waals surface area contributed by atoms with Crippen molar-refractivity contribution < 1.29 is 15.8 Å². The van der Waals surface area contributed by atoms with Crippen molar-refractivity contribution in [1.29, 1.82) is 0 Å². The molecule has 1 aliphatic carbocycles. The maximum absolute atomic E-state index is 9.51. The van der Waals surface area contributed by atoms with E-state index in [0.29, 0.717) is 40.8 Å². The number of benzene rings is 4. The van der Waals surface area contributed by atoms with Gasteiger partial charge in [-0.2, -0.15) is 0 Å². The van der Waals surface area contributed by atoms with Crippen LogP contribution >= 0.6 is 0 Å². The molecular formula is C44H47N2OSi+.